The van der Waals surface area contributed by atoms with E-state index in [0.717, 1.165) is 59.1 Å². The lowest BCUT2D eigenvalue weighted by atomic mass is 10.0. The van der Waals surface area contributed by atoms with E-state index in [1.807, 2.05) is 59.6 Å². The van der Waals surface area contributed by atoms with Gasteiger partial charge in [-0.1, -0.05) is 11.6 Å². The average molecular weight is 849 g/mol. The Morgan fingerprint density at radius 2 is 1.43 bits per heavy atom. The number of carbonyl (C=O) groups excluding carboxylic acids is 4. The molecule has 0 radical (unpaired) electrons. The van der Waals surface area contributed by atoms with Gasteiger partial charge in [0.2, 0.25) is 12.2 Å². The van der Waals surface area contributed by atoms with Crippen LogP contribution < -0.4 is 25.6 Å². The summed E-state index contributed by atoms with van der Waals surface area (Å²) in [5, 5.41) is 10.0. The van der Waals surface area contributed by atoms with E-state index in [-0.39, 0.29) is 6.03 Å². The van der Waals surface area contributed by atoms with Gasteiger partial charge in [0.1, 0.15) is 10.8 Å². The summed E-state index contributed by atoms with van der Waals surface area (Å²) in [5.74, 6) is -5.08. The van der Waals surface area contributed by atoms with E-state index < -0.39 is 36.4 Å². The third-order valence-corrected chi connectivity index (χ3v) is 8.22. The van der Waals surface area contributed by atoms with Crippen molar-refractivity contribution in [2.24, 2.45) is 0 Å². The predicted octanol–water partition coefficient (Wildman–Crippen LogP) is 7.47. The topological polar surface area (TPSA) is 159 Å². The quantitative estimate of drug-likeness (QED) is 0.106. The zero-order chi connectivity index (χ0) is 42.8. The van der Waals surface area contributed by atoms with Crippen LogP contribution in [0.2, 0.25) is 5.02 Å². The Hall–Kier alpha value is -6.19. The zero-order valence-corrected chi connectivity index (χ0v) is 30.5. The number of anilines is 6. The number of aldehydes is 1. The van der Waals surface area contributed by atoms with Crippen LogP contribution in [0.3, 0.4) is 0 Å². The molecule has 0 atom stereocenters. The van der Waals surface area contributed by atoms with E-state index in [0.29, 0.717) is 36.3 Å². The highest BCUT2D eigenvalue weighted by Crippen LogP contribution is 2.30. The molecule has 0 spiro atoms. The van der Waals surface area contributed by atoms with Crippen molar-refractivity contribution in [3.8, 4) is 5.75 Å². The molecule has 2 aliphatic heterocycles. The second kappa shape index (κ2) is 18.8. The van der Waals surface area contributed by atoms with Crippen molar-refractivity contribution in [2.75, 3.05) is 54.1 Å². The number of halogens is 10. The third kappa shape index (κ3) is 12.9. The van der Waals surface area contributed by atoms with Gasteiger partial charge in [0.05, 0.1) is 25.2 Å². The van der Waals surface area contributed by atoms with Crippen LogP contribution in [-0.2, 0) is 27.2 Å². The fourth-order valence-electron chi connectivity index (χ4n) is 5.17. The van der Waals surface area contributed by atoms with Gasteiger partial charge in [-0.25, -0.2) is 9.78 Å². The van der Waals surface area contributed by atoms with Crippen LogP contribution in [0.1, 0.15) is 11.1 Å². The molecule has 0 aliphatic carbocycles. The number of benzene rings is 2. The number of pyridine rings is 1. The molecule has 1 saturated heterocycles. The number of fused-ring (bicyclic) bond motifs is 6. The number of rotatable bonds is 4. The first-order chi connectivity index (χ1) is 27.2. The van der Waals surface area contributed by atoms with Crippen molar-refractivity contribution < 1.29 is 63.4 Å². The van der Waals surface area contributed by atoms with E-state index in [1.54, 1.807) is 19.5 Å². The van der Waals surface area contributed by atoms with Crippen LogP contribution >= 0.6 is 11.6 Å². The summed E-state index contributed by atoms with van der Waals surface area (Å²) in [6.07, 6.45) is -10.7. The van der Waals surface area contributed by atoms with E-state index in [9.17, 15) is 53.9 Å². The molecule has 310 valence electrons. The molecule has 6 bridgehead atoms. The summed E-state index contributed by atoms with van der Waals surface area (Å²) in [7, 11) is 1.66. The van der Waals surface area contributed by atoms with Crippen molar-refractivity contribution in [1.82, 2.24) is 19.9 Å². The Bertz CT molecular complexity index is 2070. The molecule has 2 amide bonds. The van der Waals surface area contributed by atoms with E-state index in [1.165, 1.54) is 0 Å². The minimum Gasteiger partial charge on any atom is -0.497 e. The van der Waals surface area contributed by atoms with Gasteiger partial charge < -0.3 is 30.5 Å². The molecule has 2 aliphatic rings. The van der Waals surface area contributed by atoms with Crippen LogP contribution in [0, 0.1) is 0 Å². The molecule has 3 N–H and O–H groups in total. The van der Waals surface area contributed by atoms with Crippen molar-refractivity contribution >= 4 is 70.0 Å². The molecule has 2 aromatic carbocycles. The van der Waals surface area contributed by atoms with Crippen molar-refractivity contribution in [2.45, 2.75) is 31.4 Å². The summed E-state index contributed by atoms with van der Waals surface area (Å²) in [6, 6.07) is 15.8. The molecular formula is C35H30ClF9N8O5. The predicted molar refractivity (Wildman–Crippen MR) is 192 cm³/mol. The largest absolute Gasteiger partial charge is 0.497 e. The summed E-state index contributed by atoms with van der Waals surface area (Å²) < 4.78 is 103. The van der Waals surface area contributed by atoms with Crippen LogP contribution in [0.4, 0.5) is 78.8 Å². The van der Waals surface area contributed by atoms with Gasteiger partial charge in [-0.2, -0.15) is 44.5 Å². The third-order valence-electron chi connectivity index (χ3n) is 7.95. The summed E-state index contributed by atoms with van der Waals surface area (Å²) in [4.78, 5) is 58.6. The lowest BCUT2D eigenvalue weighted by molar-refractivity contribution is -0.193. The molecule has 4 aromatic rings. The fourth-order valence-corrected chi connectivity index (χ4v) is 5.30. The number of hydrogen-bond donors (Lipinski definition) is 3. The van der Waals surface area contributed by atoms with Gasteiger partial charge in [-0.15, -0.1) is 0 Å². The maximum absolute atomic E-state index is 13.3. The first kappa shape index (κ1) is 44.5. The fraction of sp³-hybridized carbons (Fsp3) is 0.286. The van der Waals surface area contributed by atoms with E-state index >= 15 is 0 Å². The number of alkyl halides is 9. The minimum absolute atomic E-state index is 0.106. The van der Waals surface area contributed by atoms with Gasteiger partial charge in [0.25, 0.3) is 0 Å². The maximum Gasteiger partial charge on any atom is 0.458 e. The van der Waals surface area contributed by atoms with Crippen LogP contribution in [0.5, 0.6) is 5.75 Å². The number of nitrogens with zero attached hydrogens (tertiary/aromatic N) is 5. The molecule has 0 unspecified atom stereocenters. The number of urea groups is 1. The van der Waals surface area contributed by atoms with Gasteiger partial charge in [-0.3, -0.25) is 19.4 Å². The number of ether oxygens (including phenoxy) is 1. The maximum atomic E-state index is 13.3. The number of carbonyl (C=O) groups is 4. The number of nitrogens with one attached hydrogen (secondary N) is 3. The first-order valence-corrected chi connectivity index (χ1v) is 16.9. The summed E-state index contributed by atoms with van der Waals surface area (Å²) >= 11 is 6.38. The van der Waals surface area contributed by atoms with Gasteiger partial charge in [-0.05, 0) is 72.5 Å². The smallest absolute Gasteiger partial charge is 0.458 e. The normalized spacial score (nSPS) is 13.8. The van der Waals surface area contributed by atoms with Gasteiger partial charge in [0.15, 0.2) is 5.82 Å². The number of methoxy groups -OCH3 is 1. The van der Waals surface area contributed by atoms with Crippen LogP contribution in [0.15, 0.2) is 67.1 Å². The highest BCUT2D eigenvalue weighted by Gasteiger charge is 2.54. The molecule has 0 saturated carbocycles. The monoisotopic (exact) mass is 848 g/mol. The zero-order valence-electron chi connectivity index (χ0n) is 29.7. The molecule has 2 aromatic heterocycles. The highest BCUT2D eigenvalue weighted by molar-refractivity contribution is 6.41. The van der Waals surface area contributed by atoms with Crippen LogP contribution in [0.25, 0.3) is 0 Å². The molecule has 23 heteroatoms. The van der Waals surface area contributed by atoms with Crippen molar-refractivity contribution in [1.29, 1.82) is 0 Å². The van der Waals surface area contributed by atoms with E-state index in [4.69, 9.17) is 21.1 Å². The number of piperazine rings is 1. The lowest BCUT2D eigenvalue weighted by Crippen LogP contribution is -2.50. The Kier molecular flexibility index (Phi) is 14.5. The number of amides is 2. The van der Waals surface area contributed by atoms with Gasteiger partial charge in [0, 0.05) is 49.4 Å². The number of hydrogen-bond acceptors (Lipinski definition) is 11. The molecule has 13 nitrogen and oxygen atoms in total. The lowest BCUT2D eigenvalue weighted by Gasteiger charge is -2.36. The van der Waals surface area contributed by atoms with Crippen LogP contribution in [-0.4, -0.2) is 95.6 Å². The first-order valence-electron chi connectivity index (χ1n) is 16.5. The van der Waals surface area contributed by atoms with Crippen molar-refractivity contribution in [3.63, 3.8) is 0 Å². The van der Waals surface area contributed by atoms with E-state index in [2.05, 4.69) is 35.8 Å². The molecule has 4 heterocycles. The second-order valence-corrected chi connectivity index (χ2v) is 12.4. The summed E-state index contributed by atoms with van der Waals surface area (Å²) in [5.41, 5.74) is 5.57. The highest BCUT2D eigenvalue weighted by atomic mass is 35.5. The SMILES string of the molecule is COc1ccc(N2CCN(C(=O)Nc3ccc4cc3CCc3cncc(c3)Nc3ncc(Cl)c(n3)N4)CC2)cc1.O=C(C(=O)C(F)(F)F)C(F)(F)F.O=CC(F)(F)F. The number of ketones is 2. The standard InChI is InChI=1S/C29H29ClN8O2.C4F6O2.C2HF3O/c1-40-24-7-5-23(6-8-24)37-10-12-38(13-11-37)29(39)35-26-9-4-21-15-20(26)3-2-19-14-22(17-31-16-19)34-28-32-18-25(30)27(33-21)36-28;5-3(6,7)1(11)2(12)4(8,9)10;3-2(4,5)1-6/h4-9,14-18H,2-3,10-13H2,1H3,(H,35,39)(H2,32,33,34,36);;1H. The molecule has 1 fully saturated rings. The Morgan fingerprint density at radius 1 is 0.810 bits per heavy atom. The number of aromatic nitrogens is 3. The van der Waals surface area contributed by atoms with Crippen molar-refractivity contribution in [3.05, 3.63) is 83.3 Å². The Morgan fingerprint density at radius 3 is 2.00 bits per heavy atom. The summed E-state index contributed by atoms with van der Waals surface area (Å²) in [6.45, 7) is 2.78. The average Bonchev–Trinajstić information content (AvgIpc) is 3.18. The molecular weight excluding hydrogens is 819 g/mol. The second-order valence-electron chi connectivity index (χ2n) is 12.0. The van der Waals surface area contributed by atoms with Gasteiger partial charge >= 0.3 is 36.1 Å². The molecule has 6 rings (SSSR count). The Balaban J connectivity index is 0.000000346. The number of Topliss-reactive ketones (excluding diaryl/α,β-unsaturated/α-hetero) is 2. The molecule has 58 heavy (non-hydrogen) atoms. The number of aryl methyl sites for hydroxylation is 2. The Labute approximate surface area is 327 Å². The minimum atomic E-state index is -5.77.